The molecule has 0 aromatic carbocycles. The Morgan fingerprint density at radius 2 is 0.828 bits per heavy atom. The van der Waals surface area contributed by atoms with E-state index in [1.807, 2.05) is 0 Å². The molecule has 29 heavy (non-hydrogen) atoms. The summed E-state index contributed by atoms with van der Waals surface area (Å²) in [5.74, 6) is 0. The second kappa shape index (κ2) is 22.2. The highest BCUT2D eigenvalue weighted by Crippen LogP contribution is 2.17. The molecule has 0 bridgehead atoms. The normalized spacial score (nSPS) is 12.0. The number of ether oxygens (including phenoxy) is 4. The quantitative estimate of drug-likeness (QED) is 0.0639. The molecular weight excluding hydrogens is 378 g/mol. The highest BCUT2D eigenvalue weighted by Gasteiger charge is 2.35. The molecule has 0 rings (SSSR count). The van der Waals surface area contributed by atoms with Crippen molar-refractivity contribution in [1.82, 2.24) is 21.3 Å². The SMILES string of the molecule is CCCNCCOC(OCCNCCN)(OCCNCCN)OCCNCCN. The molecule has 0 fully saturated rings. The lowest BCUT2D eigenvalue weighted by molar-refractivity contribution is -0.497. The van der Waals surface area contributed by atoms with Crippen molar-refractivity contribution in [2.24, 2.45) is 17.2 Å². The van der Waals surface area contributed by atoms with Crippen molar-refractivity contribution in [3.8, 4) is 0 Å². The van der Waals surface area contributed by atoms with Crippen molar-refractivity contribution in [3.63, 3.8) is 0 Å². The standard InChI is InChI=1S/C18H45N7O4/c1-2-6-22-10-14-26-18(27-15-11-23-7-3-19,28-16-12-24-8-4-20)29-17-13-25-9-5-21/h22-25H,2-17,19-21H2,1H3. The van der Waals surface area contributed by atoms with Crippen LogP contribution in [0.25, 0.3) is 0 Å². The smallest absolute Gasteiger partial charge is 0.329 e. The van der Waals surface area contributed by atoms with Gasteiger partial charge in [-0.3, -0.25) is 0 Å². The third kappa shape index (κ3) is 18.1. The van der Waals surface area contributed by atoms with Crippen LogP contribution in [0.3, 0.4) is 0 Å². The minimum absolute atomic E-state index is 0.356. The van der Waals surface area contributed by atoms with Crippen molar-refractivity contribution in [2.75, 3.05) is 98.4 Å². The molecule has 0 heterocycles. The van der Waals surface area contributed by atoms with E-state index in [1.54, 1.807) is 0 Å². The Balaban J connectivity index is 4.69. The summed E-state index contributed by atoms with van der Waals surface area (Å²) in [5, 5.41) is 12.8. The second-order valence-electron chi connectivity index (χ2n) is 6.26. The first-order valence-corrected chi connectivity index (χ1v) is 10.7. The summed E-state index contributed by atoms with van der Waals surface area (Å²) in [5.41, 5.74) is 16.5. The summed E-state index contributed by atoms with van der Waals surface area (Å²) in [6, 6.07) is 0. The van der Waals surface area contributed by atoms with Crippen molar-refractivity contribution in [1.29, 1.82) is 0 Å². The van der Waals surface area contributed by atoms with Gasteiger partial charge in [-0.25, -0.2) is 0 Å². The first kappa shape index (κ1) is 28.6. The van der Waals surface area contributed by atoms with E-state index in [0.29, 0.717) is 91.9 Å². The van der Waals surface area contributed by atoms with Crippen LogP contribution in [0, 0.1) is 0 Å². The lowest BCUT2D eigenvalue weighted by atomic mass is 10.5. The fourth-order valence-electron chi connectivity index (χ4n) is 2.23. The molecule has 11 nitrogen and oxygen atoms in total. The molecule has 0 spiro atoms. The first-order valence-electron chi connectivity index (χ1n) is 10.7. The van der Waals surface area contributed by atoms with Gasteiger partial charge in [0, 0.05) is 65.4 Å². The molecule has 176 valence electrons. The van der Waals surface area contributed by atoms with Crippen molar-refractivity contribution in [2.45, 2.75) is 19.5 Å². The summed E-state index contributed by atoms with van der Waals surface area (Å²) < 4.78 is 23.6. The molecular formula is C18H45N7O4. The van der Waals surface area contributed by atoms with Crippen LogP contribution in [-0.4, -0.2) is 105 Å². The van der Waals surface area contributed by atoms with Crippen LogP contribution in [0.15, 0.2) is 0 Å². The van der Waals surface area contributed by atoms with Gasteiger partial charge in [-0.05, 0) is 13.0 Å². The van der Waals surface area contributed by atoms with Gasteiger partial charge in [0.1, 0.15) is 0 Å². The average molecular weight is 424 g/mol. The molecule has 0 unspecified atom stereocenters. The minimum Gasteiger partial charge on any atom is -0.329 e. The maximum atomic E-state index is 5.91. The summed E-state index contributed by atoms with van der Waals surface area (Å²) in [4.78, 5) is 0. The Morgan fingerprint density at radius 1 is 0.517 bits per heavy atom. The Labute approximate surface area is 176 Å². The van der Waals surface area contributed by atoms with Gasteiger partial charge in [0.25, 0.3) is 0 Å². The third-order valence-electron chi connectivity index (χ3n) is 3.62. The summed E-state index contributed by atoms with van der Waals surface area (Å²) in [7, 11) is 0. The number of rotatable bonds is 24. The maximum absolute atomic E-state index is 5.91. The Kier molecular flexibility index (Phi) is 21.9. The molecule has 0 amide bonds. The van der Waals surface area contributed by atoms with Gasteiger partial charge in [0.05, 0.1) is 26.4 Å². The molecule has 0 aliphatic heterocycles. The van der Waals surface area contributed by atoms with Crippen molar-refractivity contribution in [3.05, 3.63) is 0 Å². The van der Waals surface area contributed by atoms with Crippen LogP contribution in [0.2, 0.25) is 0 Å². The second-order valence-corrected chi connectivity index (χ2v) is 6.26. The molecule has 0 radical (unpaired) electrons. The predicted molar refractivity (Wildman–Crippen MR) is 115 cm³/mol. The average Bonchev–Trinajstić information content (AvgIpc) is 2.73. The van der Waals surface area contributed by atoms with E-state index in [4.69, 9.17) is 36.1 Å². The van der Waals surface area contributed by atoms with Gasteiger partial charge >= 0.3 is 6.16 Å². The zero-order valence-corrected chi connectivity index (χ0v) is 18.2. The van der Waals surface area contributed by atoms with Crippen molar-refractivity contribution < 1.29 is 18.9 Å². The summed E-state index contributed by atoms with van der Waals surface area (Å²) in [6.07, 6.45) is -0.506. The zero-order chi connectivity index (χ0) is 21.5. The lowest BCUT2D eigenvalue weighted by Crippen LogP contribution is -2.47. The van der Waals surface area contributed by atoms with Crippen LogP contribution in [-0.2, 0) is 18.9 Å². The molecule has 0 aromatic heterocycles. The largest absolute Gasteiger partial charge is 0.412 e. The summed E-state index contributed by atoms with van der Waals surface area (Å²) >= 11 is 0. The lowest BCUT2D eigenvalue weighted by Gasteiger charge is -2.32. The molecule has 0 atom stereocenters. The van der Waals surface area contributed by atoms with E-state index in [0.717, 1.165) is 13.0 Å². The van der Waals surface area contributed by atoms with Gasteiger partial charge in [0.2, 0.25) is 0 Å². The number of nitrogens with one attached hydrogen (secondary N) is 4. The number of hydrogen-bond acceptors (Lipinski definition) is 11. The van der Waals surface area contributed by atoms with Crippen LogP contribution in [0.5, 0.6) is 0 Å². The summed E-state index contributed by atoms with van der Waals surface area (Å²) in [6.45, 7) is 10.9. The molecule has 0 aliphatic rings. The van der Waals surface area contributed by atoms with Crippen LogP contribution < -0.4 is 38.5 Å². The molecule has 0 aliphatic carbocycles. The number of nitrogens with two attached hydrogens (primary N) is 3. The van der Waals surface area contributed by atoms with E-state index in [1.165, 1.54) is 0 Å². The Bertz CT molecular complexity index is 269. The molecule has 0 saturated carbocycles. The van der Waals surface area contributed by atoms with E-state index in [9.17, 15) is 0 Å². The molecule has 10 N–H and O–H groups in total. The van der Waals surface area contributed by atoms with E-state index >= 15 is 0 Å². The Morgan fingerprint density at radius 3 is 1.10 bits per heavy atom. The highest BCUT2D eigenvalue weighted by molar-refractivity contribution is 4.55. The predicted octanol–water partition coefficient (Wildman–Crippen LogP) is -2.69. The molecule has 0 aromatic rings. The van der Waals surface area contributed by atoms with Crippen LogP contribution in [0.1, 0.15) is 13.3 Å². The fourth-order valence-corrected chi connectivity index (χ4v) is 2.23. The minimum atomic E-state index is -1.56. The molecule has 0 saturated heterocycles. The van der Waals surface area contributed by atoms with Gasteiger partial charge in [0.15, 0.2) is 0 Å². The van der Waals surface area contributed by atoms with Crippen molar-refractivity contribution >= 4 is 0 Å². The highest BCUT2D eigenvalue weighted by atomic mass is 17.0. The van der Waals surface area contributed by atoms with Gasteiger partial charge < -0.3 is 57.4 Å². The topological polar surface area (TPSA) is 163 Å². The van der Waals surface area contributed by atoms with Crippen LogP contribution >= 0.6 is 0 Å². The first-order chi connectivity index (χ1) is 14.2. The monoisotopic (exact) mass is 423 g/mol. The van der Waals surface area contributed by atoms with Gasteiger partial charge in [-0.2, -0.15) is 0 Å². The van der Waals surface area contributed by atoms with E-state index in [2.05, 4.69) is 28.2 Å². The van der Waals surface area contributed by atoms with Gasteiger partial charge in [-0.15, -0.1) is 0 Å². The fraction of sp³-hybridized carbons (Fsp3) is 1.00. The van der Waals surface area contributed by atoms with E-state index < -0.39 is 6.16 Å². The Hall–Kier alpha value is -0.440. The zero-order valence-electron chi connectivity index (χ0n) is 18.2. The third-order valence-corrected chi connectivity index (χ3v) is 3.62. The maximum Gasteiger partial charge on any atom is 0.412 e. The molecule has 11 heteroatoms. The van der Waals surface area contributed by atoms with Gasteiger partial charge in [-0.1, -0.05) is 6.92 Å². The number of hydrogen-bond donors (Lipinski definition) is 7. The van der Waals surface area contributed by atoms with Crippen LogP contribution in [0.4, 0.5) is 0 Å². The van der Waals surface area contributed by atoms with E-state index in [-0.39, 0.29) is 0 Å².